The summed E-state index contributed by atoms with van der Waals surface area (Å²) in [4.78, 5) is 0. The van der Waals surface area contributed by atoms with Crippen LogP contribution in [0, 0.1) is 0 Å². The summed E-state index contributed by atoms with van der Waals surface area (Å²) >= 11 is 9.50. The van der Waals surface area contributed by atoms with Gasteiger partial charge in [-0.25, -0.2) is 8.93 Å². The highest BCUT2D eigenvalue weighted by atomic mass is 79.9. The van der Waals surface area contributed by atoms with Crippen LogP contribution in [0.3, 0.4) is 0 Å². The normalized spacial score (nSPS) is 15.4. The van der Waals surface area contributed by atoms with Crippen molar-refractivity contribution in [1.82, 2.24) is 4.72 Å². The summed E-state index contributed by atoms with van der Waals surface area (Å²) in [5, 5.41) is 0.679. The van der Waals surface area contributed by atoms with Crippen LogP contribution < -0.4 is 4.72 Å². The minimum Gasteiger partial charge on any atom is -0.242 e. The molecule has 0 aromatic heterocycles. The lowest BCUT2D eigenvalue weighted by Crippen LogP contribution is -2.37. The van der Waals surface area contributed by atoms with Crippen LogP contribution in [0.25, 0.3) is 0 Å². The van der Waals surface area contributed by atoms with Gasteiger partial charge in [-0.2, -0.15) is 0 Å². The van der Waals surface area contributed by atoms with Crippen LogP contribution in [0.15, 0.2) is 65.7 Å². The molecule has 25 heavy (non-hydrogen) atoms. The molecule has 1 N–H and O–H groups in total. The first kappa shape index (κ1) is 20.4. The van der Waals surface area contributed by atoms with Gasteiger partial charge in [0, 0.05) is 15.4 Å². The molecule has 2 aromatic carbocycles. The molecule has 0 saturated carbocycles. The zero-order valence-corrected chi connectivity index (χ0v) is 17.8. The minimum absolute atomic E-state index is 0.0272. The molecule has 134 valence electrons. The summed E-state index contributed by atoms with van der Waals surface area (Å²) < 4.78 is 16.7. The molecule has 2 aromatic rings. The number of halogens is 2. The van der Waals surface area contributed by atoms with Crippen molar-refractivity contribution in [3.8, 4) is 0 Å². The fraction of sp³-hybridized carbons (Fsp3) is 0.300. The van der Waals surface area contributed by atoms with Crippen molar-refractivity contribution < 1.29 is 4.21 Å². The van der Waals surface area contributed by atoms with Crippen molar-refractivity contribution in [2.24, 2.45) is 0 Å². The Morgan fingerprint density at radius 2 is 1.60 bits per heavy atom. The predicted octanol–water partition coefficient (Wildman–Crippen LogP) is 6.17. The molecule has 0 aliphatic carbocycles. The summed E-state index contributed by atoms with van der Waals surface area (Å²) in [6, 6.07) is 15.6. The fourth-order valence-corrected chi connectivity index (χ4v) is 3.72. The summed E-state index contributed by atoms with van der Waals surface area (Å²) in [5.41, 5.74) is 2.13. The van der Waals surface area contributed by atoms with Crippen molar-refractivity contribution in [3.05, 3.63) is 81.8 Å². The number of rotatable bonds is 6. The molecule has 0 bridgehead atoms. The zero-order chi connectivity index (χ0) is 18.6. The number of benzene rings is 2. The van der Waals surface area contributed by atoms with Gasteiger partial charge in [-0.05, 0) is 56.2 Å². The van der Waals surface area contributed by atoms with Crippen molar-refractivity contribution in [1.29, 1.82) is 0 Å². The van der Waals surface area contributed by atoms with E-state index in [-0.39, 0.29) is 16.7 Å². The Kier molecular flexibility index (Phi) is 7.03. The molecule has 0 heterocycles. The van der Waals surface area contributed by atoms with Crippen molar-refractivity contribution in [2.75, 3.05) is 0 Å². The van der Waals surface area contributed by atoms with E-state index >= 15 is 0 Å². The fourth-order valence-electron chi connectivity index (χ4n) is 2.46. The van der Waals surface area contributed by atoms with Gasteiger partial charge in [0.25, 0.3) is 0 Å². The number of nitrogens with one attached hydrogen (secondary N) is 1. The van der Waals surface area contributed by atoms with Crippen molar-refractivity contribution >= 4 is 38.5 Å². The van der Waals surface area contributed by atoms with Gasteiger partial charge < -0.3 is 0 Å². The van der Waals surface area contributed by atoms with E-state index in [9.17, 15) is 4.21 Å². The quantitative estimate of drug-likeness (QED) is 0.535. The van der Waals surface area contributed by atoms with E-state index in [0.717, 1.165) is 15.6 Å². The summed E-state index contributed by atoms with van der Waals surface area (Å²) in [6.45, 7) is 9.88. The molecule has 0 aliphatic rings. The van der Waals surface area contributed by atoms with Gasteiger partial charge in [0.1, 0.15) is 0 Å². The van der Waals surface area contributed by atoms with Gasteiger partial charge in [0.15, 0.2) is 0 Å². The van der Waals surface area contributed by atoms with Crippen LogP contribution in [0.4, 0.5) is 0 Å². The highest BCUT2D eigenvalue weighted by molar-refractivity contribution is 9.10. The van der Waals surface area contributed by atoms with Crippen LogP contribution in [0.2, 0.25) is 5.02 Å². The van der Waals surface area contributed by atoms with Gasteiger partial charge in [-0.3, -0.25) is 0 Å². The Morgan fingerprint density at radius 3 is 2.08 bits per heavy atom. The monoisotopic (exact) mass is 439 g/mol. The van der Waals surface area contributed by atoms with Crippen LogP contribution in [0.5, 0.6) is 0 Å². The largest absolute Gasteiger partial charge is 0.242 e. The lowest BCUT2D eigenvalue weighted by atomic mass is 9.88. The van der Waals surface area contributed by atoms with E-state index in [1.54, 1.807) is 0 Å². The third-order valence-corrected chi connectivity index (χ3v) is 6.25. The molecule has 0 amide bonds. The second-order valence-electron chi connectivity index (χ2n) is 6.84. The van der Waals surface area contributed by atoms with E-state index < -0.39 is 11.0 Å². The maximum absolute atomic E-state index is 12.8. The lowest BCUT2D eigenvalue weighted by Gasteiger charge is -2.29. The summed E-state index contributed by atoms with van der Waals surface area (Å²) in [6.07, 6.45) is 1.90. The van der Waals surface area contributed by atoms with Crippen LogP contribution >= 0.6 is 27.5 Å². The number of hydrogen-bond donors (Lipinski definition) is 1. The minimum atomic E-state index is -1.21. The standard InChI is InChI=1S/C20H23BrClNOS/c1-5-18(14-6-10-16(21)11-7-14)19(23-25(24)20(2,3)4)15-8-12-17(22)13-9-15/h5-13,18-19,23H,1H2,2-4H3/t18-,19+,25?/m0/s1. The van der Waals surface area contributed by atoms with Crippen LogP contribution in [-0.2, 0) is 11.0 Å². The third-order valence-electron chi connectivity index (χ3n) is 3.89. The van der Waals surface area contributed by atoms with Gasteiger partial charge in [0.2, 0.25) is 0 Å². The zero-order valence-electron chi connectivity index (χ0n) is 14.6. The Balaban J connectivity index is 2.44. The van der Waals surface area contributed by atoms with Crippen LogP contribution in [0.1, 0.15) is 43.9 Å². The molecule has 1 unspecified atom stereocenters. The lowest BCUT2D eigenvalue weighted by molar-refractivity contribution is 0.566. The molecule has 0 saturated heterocycles. The SMILES string of the molecule is C=C[C@@H](c1ccc(Br)cc1)[C@H](NS(=O)C(C)(C)C)c1ccc(Cl)cc1. The molecule has 0 aliphatic heterocycles. The smallest absolute Gasteiger partial charge is 0.0976 e. The Hall–Kier alpha value is -0.940. The molecular weight excluding hydrogens is 418 g/mol. The van der Waals surface area contributed by atoms with Gasteiger partial charge in [0.05, 0.1) is 21.8 Å². The van der Waals surface area contributed by atoms with E-state index in [1.165, 1.54) is 0 Å². The van der Waals surface area contributed by atoms with Gasteiger partial charge in [-0.1, -0.05) is 57.9 Å². The van der Waals surface area contributed by atoms with E-state index in [2.05, 4.69) is 39.4 Å². The maximum atomic E-state index is 12.8. The maximum Gasteiger partial charge on any atom is 0.0976 e. The Labute approximate surface area is 166 Å². The highest BCUT2D eigenvalue weighted by Gasteiger charge is 2.28. The summed E-state index contributed by atoms with van der Waals surface area (Å²) in [5.74, 6) is -0.0272. The summed E-state index contributed by atoms with van der Waals surface area (Å²) in [7, 11) is -1.21. The van der Waals surface area contributed by atoms with Crippen LogP contribution in [-0.4, -0.2) is 8.96 Å². The van der Waals surface area contributed by atoms with E-state index in [0.29, 0.717) is 5.02 Å². The van der Waals surface area contributed by atoms with Gasteiger partial charge >= 0.3 is 0 Å². The second kappa shape index (κ2) is 8.63. The highest BCUT2D eigenvalue weighted by Crippen LogP contribution is 2.34. The first-order valence-corrected chi connectivity index (χ1v) is 10.4. The average Bonchev–Trinajstić information content (AvgIpc) is 2.56. The van der Waals surface area contributed by atoms with Gasteiger partial charge in [-0.15, -0.1) is 6.58 Å². The molecule has 2 rings (SSSR count). The van der Waals surface area contributed by atoms with E-state index in [1.807, 2.05) is 63.2 Å². The first-order valence-electron chi connectivity index (χ1n) is 8.04. The first-order chi connectivity index (χ1) is 11.7. The molecule has 5 heteroatoms. The predicted molar refractivity (Wildman–Crippen MR) is 112 cm³/mol. The molecule has 3 atom stereocenters. The molecular formula is C20H23BrClNOS. The third kappa shape index (κ3) is 5.52. The number of hydrogen-bond acceptors (Lipinski definition) is 1. The topological polar surface area (TPSA) is 29.1 Å². The molecule has 0 spiro atoms. The van der Waals surface area contributed by atoms with E-state index in [4.69, 9.17) is 11.6 Å². The average molecular weight is 441 g/mol. The van der Waals surface area contributed by atoms with Crippen molar-refractivity contribution in [2.45, 2.75) is 37.5 Å². The Morgan fingerprint density at radius 1 is 1.08 bits per heavy atom. The molecule has 0 fully saturated rings. The molecule has 2 nitrogen and oxygen atoms in total. The van der Waals surface area contributed by atoms with Crippen molar-refractivity contribution in [3.63, 3.8) is 0 Å². The Bertz CT molecular complexity index is 738. The molecule has 0 radical (unpaired) electrons. The second-order valence-corrected chi connectivity index (χ2v) is 10.2.